The molecule has 2 saturated heterocycles. The fraction of sp³-hybridized carbons (Fsp3) is 0.667. The highest BCUT2D eigenvalue weighted by molar-refractivity contribution is 9.10. The highest BCUT2D eigenvalue weighted by Crippen LogP contribution is 2.55. The van der Waals surface area contributed by atoms with E-state index in [1.165, 1.54) is 0 Å². The van der Waals surface area contributed by atoms with Gasteiger partial charge in [-0.2, -0.15) is 0 Å². The van der Waals surface area contributed by atoms with E-state index < -0.39 is 11.6 Å². The average Bonchev–Trinajstić information content (AvgIpc) is 3.29. The van der Waals surface area contributed by atoms with Gasteiger partial charge in [-0.15, -0.1) is 0 Å². The van der Waals surface area contributed by atoms with Crippen LogP contribution in [0.4, 0.5) is 0 Å². The first kappa shape index (κ1) is 18.5. The lowest BCUT2D eigenvalue weighted by Crippen LogP contribution is -2.55. The summed E-state index contributed by atoms with van der Waals surface area (Å²) in [4.78, 5) is 13.3. The molecule has 0 amide bonds. The Morgan fingerprint density at radius 1 is 1.23 bits per heavy atom. The number of rotatable bonds is 4. The maximum Gasteiger partial charge on any atom is 0.343 e. The molecule has 1 saturated carbocycles. The van der Waals surface area contributed by atoms with E-state index in [0.29, 0.717) is 11.6 Å². The Hall–Kier alpha value is -0.910. The number of fused-ring (bicyclic) bond motifs is 2. The monoisotopic (exact) mass is 422 g/mol. The number of alkyl halides is 1. The van der Waals surface area contributed by atoms with Crippen LogP contribution in [0.15, 0.2) is 30.3 Å². The molecule has 0 spiro atoms. The summed E-state index contributed by atoms with van der Waals surface area (Å²) >= 11 is 3.92. The number of carbonyl (C=O) groups excluding carboxylic acids is 1. The Bertz CT molecular complexity index is 688. The third-order valence-electron chi connectivity index (χ3n) is 7.40. The zero-order valence-electron chi connectivity index (χ0n) is 15.7. The predicted octanol–water partition coefficient (Wildman–Crippen LogP) is 3.71. The van der Waals surface area contributed by atoms with Crippen LogP contribution in [0.1, 0.15) is 50.5 Å². The number of hydrogen-bond donors (Lipinski definition) is 1. The number of halogens is 1. The van der Waals surface area contributed by atoms with Crippen molar-refractivity contribution in [2.24, 2.45) is 5.92 Å². The van der Waals surface area contributed by atoms with Gasteiger partial charge in [-0.25, -0.2) is 4.79 Å². The fourth-order valence-electron chi connectivity index (χ4n) is 5.54. The first-order chi connectivity index (χ1) is 12.3. The van der Waals surface area contributed by atoms with Crippen molar-refractivity contribution >= 4 is 21.9 Å². The summed E-state index contributed by atoms with van der Waals surface area (Å²) in [7, 11) is 4.42. The molecule has 4 nitrogen and oxygen atoms in total. The summed E-state index contributed by atoms with van der Waals surface area (Å²) in [5.41, 5.74) is -0.877. The lowest BCUT2D eigenvalue weighted by Gasteiger charge is -2.39. The first-order valence-corrected chi connectivity index (χ1v) is 10.6. The van der Waals surface area contributed by atoms with Gasteiger partial charge >= 0.3 is 5.97 Å². The Labute approximate surface area is 164 Å². The number of aliphatic hydroxyl groups is 1. The summed E-state index contributed by atoms with van der Waals surface area (Å²) in [6.07, 6.45) is 6.67. The molecule has 1 aromatic rings. The molecule has 2 heterocycles. The van der Waals surface area contributed by atoms with Gasteiger partial charge in [0.1, 0.15) is 0 Å². The first-order valence-electron chi connectivity index (χ1n) is 9.82. The lowest BCUT2D eigenvalue weighted by molar-refractivity contribution is -0.920. The van der Waals surface area contributed by atoms with E-state index in [0.717, 1.165) is 49.4 Å². The van der Waals surface area contributed by atoms with Gasteiger partial charge in [0.2, 0.25) is 0 Å². The van der Waals surface area contributed by atoms with E-state index in [2.05, 4.69) is 30.0 Å². The van der Waals surface area contributed by atoms with Crippen molar-refractivity contribution in [3.63, 3.8) is 0 Å². The van der Waals surface area contributed by atoms with Crippen LogP contribution in [0.3, 0.4) is 0 Å². The molecular weight excluding hydrogens is 394 g/mol. The molecule has 1 aliphatic carbocycles. The summed E-state index contributed by atoms with van der Waals surface area (Å²) < 4.78 is 6.66. The van der Waals surface area contributed by atoms with E-state index in [9.17, 15) is 9.90 Å². The molecule has 26 heavy (non-hydrogen) atoms. The van der Waals surface area contributed by atoms with Crippen LogP contribution in [0.5, 0.6) is 0 Å². The van der Waals surface area contributed by atoms with Crippen molar-refractivity contribution in [3.8, 4) is 0 Å². The van der Waals surface area contributed by atoms with E-state index in [4.69, 9.17) is 4.74 Å². The number of benzene rings is 1. The quantitative estimate of drug-likeness (QED) is 0.348. The number of ether oxygens (including phenoxy) is 1. The van der Waals surface area contributed by atoms with Crippen molar-refractivity contribution in [3.05, 3.63) is 35.9 Å². The van der Waals surface area contributed by atoms with Crippen LogP contribution < -0.4 is 0 Å². The normalized spacial score (nSPS) is 35.4. The Kier molecular flexibility index (Phi) is 4.48. The van der Waals surface area contributed by atoms with Gasteiger partial charge in [0, 0.05) is 25.2 Å². The van der Waals surface area contributed by atoms with Gasteiger partial charge < -0.3 is 14.3 Å². The predicted molar refractivity (Wildman–Crippen MR) is 104 cm³/mol. The van der Waals surface area contributed by atoms with Gasteiger partial charge in [-0.05, 0) is 34.3 Å². The molecule has 142 valence electrons. The summed E-state index contributed by atoms with van der Waals surface area (Å²) in [5.74, 6) is -0.531. The van der Waals surface area contributed by atoms with E-state index in [-0.39, 0.29) is 16.5 Å². The minimum atomic E-state index is -1.54. The van der Waals surface area contributed by atoms with Crippen LogP contribution >= 0.6 is 15.9 Å². The highest BCUT2D eigenvalue weighted by Gasteiger charge is 2.67. The average molecular weight is 423 g/mol. The smallest absolute Gasteiger partial charge is 0.343 e. The Morgan fingerprint density at radius 3 is 2.42 bits per heavy atom. The molecule has 0 aromatic heterocycles. The van der Waals surface area contributed by atoms with E-state index in [1.807, 2.05) is 30.3 Å². The van der Waals surface area contributed by atoms with Gasteiger partial charge in [0.25, 0.3) is 0 Å². The largest absolute Gasteiger partial charge is 0.452 e. The van der Waals surface area contributed by atoms with Crippen molar-refractivity contribution < 1.29 is 19.1 Å². The molecule has 1 aromatic carbocycles. The summed E-state index contributed by atoms with van der Waals surface area (Å²) in [6, 6.07) is 9.88. The number of nitrogens with zero attached hydrogens (tertiary/aromatic N) is 1. The summed E-state index contributed by atoms with van der Waals surface area (Å²) in [5, 5.41) is 11.6. The number of esters is 1. The second-order valence-corrected chi connectivity index (χ2v) is 10.2. The van der Waals surface area contributed by atoms with Crippen LogP contribution in [-0.2, 0) is 15.1 Å². The lowest BCUT2D eigenvalue weighted by atomic mass is 9.80. The minimum absolute atomic E-state index is 0.0650. The molecule has 0 unspecified atom stereocenters. The van der Waals surface area contributed by atoms with Gasteiger partial charge in [-0.3, -0.25) is 0 Å². The molecule has 5 heteroatoms. The molecular formula is C21H29BrNO3+. The van der Waals surface area contributed by atoms with Crippen LogP contribution in [-0.4, -0.2) is 46.2 Å². The third kappa shape index (κ3) is 2.50. The van der Waals surface area contributed by atoms with Crippen molar-refractivity contribution in [1.29, 1.82) is 0 Å². The van der Waals surface area contributed by atoms with Crippen LogP contribution in [0.2, 0.25) is 0 Å². The Morgan fingerprint density at radius 2 is 1.88 bits per heavy atom. The minimum Gasteiger partial charge on any atom is -0.452 e. The molecule has 4 atom stereocenters. The molecule has 3 fully saturated rings. The number of likely N-dealkylation sites (N-methyl/N-ethyl adjacent to an activating group) is 1. The molecule has 2 bridgehead atoms. The number of carbonyl (C=O) groups is 1. The zero-order chi connectivity index (χ0) is 18.6. The van der Waals surface area contributed by atoms with Crippen LogP contribution in [0.25, 0.3) is 0 Å². The second-order valence-electron chi connectivity index (χ2n) is 8.79. The number of quaternary nitrogens is 1. The molecule has 2 aliphatic heterocycles. The summed E-state index contributed by atoms with van der Waals surface area (Å²) in [6.45, 7) is 0. The van der Waals surface area contributed by atoms with E-state index >= 15 is 0 Å². The maximum atomic E-state index is 13.3. The topological polar surface area (TPSA) is 46.5 Å². The van der Waals surface area contributed by atoms with Gasteiger partial charge in [-0.1, -0.05) is 43.2 Å². The molecule has 4 rings (SSSR count). The zero-order valence-corrected chi connectivity index (χ0v) is 17.2. The third-order valence-corrected chi connectivity index (χ3v) is 9.22. The highest BCUT2D eigenvalue weighted by atomic mass is 79.9. The van der Waals surface area contributed by atoms with Crippen molar-refractivity contribution in [2.75, 3.05) is 14.1 Å². The molecule has 3 aliphatic rings. The van der Waals surface area contributed by atoms with Crippen molar-refractivity contribution in [1.82, 2.24) is 0 Å². The van der Waals surface area contributed by atoms with E-state index in [1.54, 1.807) is 0 Å². The number of hydrogen-bond acceptors (Lipinski definition) is 3. The Balaban J connectivity index is 1.62. The second kappa shape index (κ2) is 6.32. The van der Waals surface area contributed by atoms with Crippen molar-refractivity contribution in [2.45, 2.75) is 67.1 Å². The SMILES string of the molecule is C[N+]1(C)[C@@H]2CC[C@]1(Br)[C@H](OC(=O)[C@](O)(c1ccccc1)C1CCCC1)C2. The van der Waals surface area contributed by atoms with Gasteiger partial charge in [0.15, 0.2) is 16.2 Å². The fourth-order valence-corrected chi connectivity index (χ4v) is 6.34. The maximum absolute atomic E-state index is 13.3. The molecule has 1 N–H and O–H groups in total. The molecule has 0 radical (unpaired) electrons. The van der Waals surface area contributed by atoms with Gasteiger partial charge in [0.05, 0.1) is 20.1 Å². The van der Waals surface area contributed by atoms with Crippen LogP contribution in [0, 0.1) is 5.92 Å². The standard InChI is InChI=1S/C21H29BrNO3/c1-23(2)17-12-13-20(23,22)18(14-17)26-19(24)21(25,16-10-6-7-11-16)15-8-4-3-5-9-15/h3-5,8-9,16-18,25H,6-7,10-14H2,1-2H3/q+1/t17-,18-,20-,21+/m1/s1.